The summed E-state index contributed by atoms with van der Waals surface area (Å²) in [4.78, 5) is 24.7. The van der Waals surface area contributed by atoms with Gasteiger partial charge in [-0.25, -0.2) is 4.68 Å². The third-order valence-corrected chi connectivity index (χ3v) is 4.85. The van der Waals surface area contributed by atoms with E-state index in [4.69, 9.17) is 4.74 Å². The van der Waals surface area contributed by atoms with Gasteiger partial charge in [-0.3, -0.25) is 9.59 Å². The van der Waals surface area contributed by atoms with Crippen molar-refractivity contribution in [3.05, 3.63) is 64.6 Å². The molecule has 1 saturated carbocycles. The van der Waals surface area contributed by atoms with Gasteiger partial charge in [0.15, 0.2) is 5.78 Å². The van der Waals surface area contributed by atoms with E-state index in [-0.39, 0.29) is 17.3 Å². The number of Topliss-reactive ketones (excluding diaryl/α,β-unsaturated/α-hetero) is 1. The predicted molar refractivity (Wildman–Crippen MR) is 104 cm³/mol. The minimum atomic E-state index is -0.152. The van der Waals surface area contributed by atoms with Crippen LogP contribution in [0.3, 0.4) is 0 Å². The lowest BCUT2D eigenvalue weighted by Gasteiger charge is -2.09. The predicted octanol–water partition coefficient (Wildman–Crippen LogP) is 2.84. The highest BCUT2D eigenvalue weighted by Crippen LogP contribution is 2.29. The van der Waals surface area contributed by atoms with Gasteiger partial charge < -0.3 is 10.1 Å². The van der Waals surface area contributed by atoms with Crippen LogP contribution in [-0.2, 0) is 11.3 Å². The number of hydrogen-bond acceptors (Lipinski definition) is 5. The summed E-state index contributed by atoms with van der Waals surface area (Å²) >= 11 is 0. The molecule has 0 bridgehead atoms. The number of ketones is 1. The maximum atomic E-state index is 12.8. The normalized spacial score (nSPS) is 13.5. The number of carbonyl (C=O) groups excluding carboxylic acids is 1. The molecule has 0 radical (unpaired) electrons. The summed E-state index contributed by atoms with van der Waals surface area (Å²) in [7, 11) is 1.62. The molecule has 1 fully saturated rings. The zero-order chi connectivity index (χ0) is 18.8. The number of anilines is 1. The van der Waals surface area contributed by atoms with Crippen LogP contribution in [0, 0.1) is 5.92 Å². The van der Waals surface area contributed by atoms with E-state index in [2.05, 4.69) is 10.4 Å². The van der Waals surface area contributed by atoms with E-state index in [0.717, 1.165) is 35.2 Å². The average Bonchev–Trinajstić information content (AvgIpc) is 3.54. The number of benzene rings is 2. The van der Waals surface area contributed by atoms with Crippen LogP contribution in [0.2, 0.25) is 0 Å². The van der Waals surface area contributed by atoms with Crippen LogP contribution in [0.1, 0.15) is 18.4 Å². The lowest BCUT2D eigenvalue weighted by atomic mass is 10.1. The Balaban J connectivity index is 1.57. The number of hydrogen-bond donors (Lipinski definition) is 1. The number of rotatable bonds is 7. The number of carbonyl (C=O) groups is 1. The third kappa shape index (κ3) is 3.84. The van der Waals surface area contributed by atoms with Gasteiger partial charge in [0.2, 0.25) is 0 Å². The third-order valence-electron chi connectivity index (χ3n) is 4.85. The lowest BCUT2D eigenvalue weighted by molar-refractivity contribution is -0.118. The van der Waals surface area contributed by atoms with E-state index in [1.807, 2.05) is 36.4 Å². The molecule has 1 N–H and O–H groups in total. The van der Waals surface area contributed by atoms with Crippen molar-refractivity contribution in [2.45, 2.75) is 19.4 Å². The van der Waals surface area contributed by atoms with E-state index in [9.17, 15) is 9.59 Å². The molecule has 0 saturated heterocycles. The Bertz CT molecular complexity index is 1040. The number of nitrogens with zero attached hydrogens (tertiary/aromatic N) is 2. The van der Waals surface area contributed by atoms with E-state index in [0.29, 0.717) is 18.5 Å². The fraction of sp³-hybridized carbons (Fsp3) is 0.286. The second kappa shape index (κ2) is 7.23. The Labute approximate surface area is 156 Å². The molecule has 6 nitrogen and oxygen atoms in total. The van der Waals surface area contributed by atoms with Crippen LogP contribution >= 0.6 is 0 Å². The number of fused-ring (bicyclic) bond motifs is 1. The first-order valence-corrected chi connectivity index (χ1v) is 9.03. The summed E-state index contributed by atoms with van der Waals surface area (Å²) in [6, 6.07) is 13.1. The summed E-state index contributed by atoms with van der Waals surface area (Å²) in [5.74, 6) is 1.24. The monoisotopic (exact) mass is 363 g/mol. The SMILES string of the molecule is COc1ccc(Cn2ncc3ccc(NCC(=O)C4CC4)cc3c2=O)cc1. The van der Waals surface area contributed by atoms with Crippen LogP contribution in [0.15, 0.2) is 53.5 Å². The summed E-state index contributed by atoms with van der Waals surface area (Å²) in [5.41, 5.74) is 1.59. The van der Waals surface area contributed by atoms with Crippen molar-refractivity contribution in [3.8, 4) is 5.75 Å². The fourth-order valence-electron chi connectivity index (χ4n) is 3.04. The molecule has 1 aliphatic carbocycles. The zero-order valence-electron chi connectivity index (χ0n) is 15.1. The van der Waals surface area contributed by atoms with Gasteiger partial charge in [-0.05, 0) is 42.7 Å². The van der Waals surface area contributed by atoms with Crippen molar-refractivity contribution >= 4 is 22.2 Å². The lowest BCUT2D eigenvalue weighted by Crippen LogP contribution is -2.23. The van der Waals surface area contributed by atoms with Gasteiger partial charge in [0.25, 0.3) is 5.56 Å². The van der Waals surface area contributed by atoms with E-state index in [1.165, 1.54) is 4.68 Å². The molecule has 2 aromatic carbocycles. The summed E-state index contributed by atoms with van der Waals surface area (Å²) in [5, 5.41) is 8.78. The van der Waals surface area contributed by atoms with Crippen LogP contribution in [0.25, 0.3) is 10.8 Å². The molecule has 4 rings (SSSR count). The molecular formula is C21H21N3O3. The van der Waals surface area contributed by atoms with Crippen molar-refractivity contribution in [1.82, 2.24) is 9.78 Å². The van der Waals surface area contributed by atoms with Crippen LogP contribution in [0.4, 0.5) is 5.69 Å². The standard InChI is InChI=1S/C21H21N3O3/c1-27-18-8-2-14(3-9-18)13-24-21(26)19-10-17(7-6-16(19)11-23-24)22-12-20(25)15-4-5-15/h2-3,6-11,15,22H,4-5,12-13H2,1H3. The molecule has 0 spiro atoms. The van der Waals surface area contributed by atoms with Gasteiger partial charge in [0.05, 0.1) is 31.8 Å². The fourth-order valence-corrected chi connectivity index (χ4v) is 3.04. The van der Waals surface area contributed by atoms with Crippen molar-refractivity contribution < 1.29 is 9.53 Å². The molecule has 1 aromatic heterocycles. The first-order valence-electron chi connectivity index (χ1n) is 9.03. The maximum absolute atomic E-state index is 12.8. The minimum absolute atomic E-state index is 0.152. The summed E-state index contributed by atoms with van der Waals surface area (Å²) in [6.45, 7) is 0.692. The van der Waals surface area contributed by atoms with Gasteiger partial charge >= 0.3 is 0 Å². The molecule has 1 aliphatic rings. The second-order valence-electron chi connectivity index (χ2n) is 6.85. The van der Waals surface area contributed by atoms with E-state index < -0.39 is 0 Å². The molecule has 3 aromatic rings. The largest absolute Gasteiger partial charge is 0.497 e. The maximum Gasteiger partial charge on any atom is 0.275 e. The Morgan fingerprint density at radius 2 is 2.00 bits per heavy atom. The summed E-state index contributed by atoms with van der Waals surface area (Å²) in [6.07, 6.45) is 3.69. The Hall–Kier alpha value is -3.15. The Morgan fingerprint density at radius 1 is 1.22 bits per heavy atom. The molecule has 138 valence electrons. The average molecular weight is 363 g/mol. The zero-order valence-corrected chi connectivity index (χ0v) is 15.1. The Kier molecular flexibility index (Phi) is 4.62. The van der Waals surface area contributed by atoms with Crippen molar-refractivity contribution in [2.24, 2.45) is 5.92 Å². The van der Waals surface area contributed by atoms with Crippen LogP contribution < -0.4 is 15.6 Å². The van der Waals surface area contributed by atoms with Crippen LogP contribution in [-0.4, -0.2) is 29.2 Å². The number of ether oxygens (including phenoxy) is 1. The van der Waals surface area contributed by atoms with Gasteiger partial charge in [0.1, 0.15) is 5.75 Å². The van der Waals surface area contributed by atoms with E-state index in [1.54, 1.807) is 19.4 Å². The van der Waals surface area contributed by atoms with Gasteiger partial charge in [0, 0.05) is 17.0 Å². The van der Waals surface area contributed by atoms with Gasteiger partial charge in [-0.1, -0.05) is 18.2 Å². The minimum Gasteiger partial charge on any atom is -0.497 e. The molecule has 0 amide bonds. The topological polar surface area (TPSA) is 73.2 Å². The first-order chi connectivity index (χ1) is 13.1. The first kappa shape index (κ1) is 17.3. The molecule has 1 heterocycles. The van der Waals surface area contributed by atoms with Crippen molar-refractivity contribution in [1.29, 1.82) is 0 Å². The number of aromatic nitrogens is 2. The molecule has 0 unspecified atom stereocenters. The van der Waals surface area contributed by atoms with E-state index >= 15 is 0 Å². The molecule has 0 atom stereocenters. The van der Waals surface area contributed by atoms with Crippen molar-refractivity contribution in [3.63, 3.8) is 0 Å². The van der Waals surface area contributed by atoms with Crippen LogP contribution in [0.5, 0.6) is 5.75 Å². The molecule has 27 heavy (non-hydrogen) atoms. The van der Waals surface area contributed by atoms with Crippen molar-refractivity contribution in [2.75, 3.05) is 19.0 Å². The highest BCUT2D eigenvalue weighted by atomic mass is 16.5. The van der Waals surface area contributed by atoms with Gasteiger partial charge in [-0.2, -0.15) is 5.10 Å². The van der Waals surface area contributed by atoms with Gasteiger partial charge in [-0.15, -0.1) is 0 Å². The molecule has 6 heteroatoms. The highest BCUT2D eigenvalue weighted by Gasteiger charge is 2.28. The number of nitrogens with one attached hydrogen (secondary N) is 1. The Morgan fingerprint density at radius 3 is 2.70 bits per heavy atom. The smallest absolute Gasteiger partial charge is 0.275 e. The second-order valence-corrected chi connectivity index (χ2v) is 6.85. The quantitative estimate of drug-likeness (QED) is 0.699. The molecular weight excluding hydrogens is 342 g/mol. The number of methoxy groups -OCH3 is 1. The summed E-state index contributed by atoms with van der Waals surface area (Å²) < 4.78 is 6.60. The molecule has 0 aliphatic heterocycles. The highest BCUT2D eigenvalue weighted by molar-refractivity contribution is 5.88.